The number of benzene rings is 1. The third-order valence-electron chi connectivity index (χ3n) is 7.07. The lowest BCUT2D eigenvalue weighted by atomic mass is 10.1. The van der Waals surface area contributed by atoms with E-state index in [1.54, 1.807) is 6.07 Å². The molecule has 0 N–H and O–H groups in total. The first kappa shape index (κ1) is 27.7. The van der Waals surface area contributed by atoms with Gasteiger partial charge in [-0.25, -0.2) is 0 Å². The van der Waals surface area contributed by atoms with Crippen LogP contribution in [-0.4, -0.2) is 90.9 Å². The maximum Gasteiger partial charge on any atom is 0.434 e. The molecule has 1 aromatic rings. The van der Waals surface area contributed by atoms with Gasteiger partial charge in [0.2, 0.25) is 5.91 Å². The van der Waals surface area contributed by atoms with Crippen molar-refractivity contribution >= 4 is 23.2 Å². The summed E-state index contributed by atoms with van der Waals surface area (Å²) in [6.45, 7) is 7.27. The predicted octanol–water partition coefficient (Wildman–Crippen LogP) is 4.64. The topological polar surface area (TPSA) is 39.3 Å². The summed E-state index contributed by atoms with van der Waals surface area (Å²) in [5.74, 6) is -0.454. The minimum atomic E-state index is -5.59. The van der Waals surface area contributed by atoms with E-state index in [-0.39, 0.29) is 25.0 Å². The van der Waals surface area contributed by atoms with E-state index in [9.17, 15) is 31.1 Å². The smallest absolute Gasteiger partial charge is 0.434 e. The van der Waals surface area contributed by atoms with Crippen molar-refractivity contribution in [2.75, 3.05) is 50.7 Å². The van der Waals surface area contributed by atoms with Gasteiger partial charge >= 0.3 is 12.4 Å². The minimum absolute atomic E-state index is 0.161. The number of halogens is 7. The van der Waals surface area contributed by atoms with E-state index < -0.39 is 24.3 Å². The number of carbonyl (C=O) groups is 1. The molecule has 13 heteroatoms. The number of rotatable bonds is 7. The van der Waals surface area contributed by atoms with Gasteiger partial charge in [-0.05, 0) is 37.1 Å². The lowest BCUT2D eigenvalue weighted by Crippen LogP contribution is -2.49. The Morgan fingerprint density at radius 3 is 2.32 bits per heavy atom. The fourth-order valence-corrected chi connectivity index (χ4v) is 5.33. The van der Waals surface area contributed by atoms with E-state index in [1.807, 2.05) is 17.0 Å². The Balaban J connectivity index is 1.35. The summed E-state index contributed by atoms with van der Waals surface area (Å²) in [6, 6.07) is 5.77. The van der Waals surface area contributed by atoms with Gasteiger partial charge in [0.15, 0.2) is 5.88 Å². The Labute approximate surface area is 216 Å². The first-order valence-electron chi connectivity index (χ1n) is 12.1. The lowest BCUT2D eigenvalue weighted by molar-refractivity contribution is -0.317. The van der Waals surface area contributed by atoms with Crippen molar-refractivity contribution in [3.63, 3.8) is 0 Å². The Morgan fingerprint density at radius 1 is 1.05 bits per heavy atom. The van der Waals surface area contributed by atoms with Crippen LogP contribution in [0.4, 0.5) is 32.0 Å². The summed E-state index contributed by atoms with van der Waals surface area (Å²) in [6.07, 6.45) is -12.8. The van der Waals surface area contributed by atoms with Crippen LogP contribution in [0.1, 0.15) is 24.8 Å². The highest BCUT2D eigenvalue weighted by molar-refractivity contribution is 6.30. The Bertz CT molecular complexity index is 982. The molecule has 3 saturated heterocycles. The number of hydrogen-bond acceptors (Lipinski definition) is 5. The van der Waals surface area contributed by atoms with Crippen molar-refractivity contribution in [3.05, 3.63) is 41.2 Å². The molecule has 0 spiro atoms. The highest BCUT2D eigenvalue weighted by atomic mass is 35.5. The third kappa shape index (κ3) is 6.57. The molecule has 37 heavy (non-hydrogen) atoms. The van der Waals surface area contributed by atoms with E-state index in [4.69, 9.17) is 11.6 Å². The molecular weight excluding hydrogens is 526 g/mol. The summed E-state index contributed by atoms with van der Waals surface area (Å²) in [5, 5.41) is 0.585. The third-order valence-corrected chi connectivity index (χ3v) is 7.30. The second-order valence-corrected chi connectivity index (χ2v) is 10.0. The molecule has 6 nitrogen and oxygen atoms in total. The van der Waals surface area contributed by atoms with Gasteiger partial charge in [0.25, 0.3) is 6.10 Å². The van der Waals surface area contributed by atoms with Gasteiger partial charge in [-0.1, -0.05) is 17.7 Å². The molecule has 0 aromatic heterocycles. The number of nitrogens with zero attached hydrogens (tertiary/aromatic N) is 4. The maximum absolute atomic E-state index is 12.8. The van der Waals surface area contributed by atoms with Crippen molar-refractivity contribution in [1.82, 2.24) is 14.7 Å². The van der Waals surface area contributed by atoms with E-state index in [2.05, 4.69) is 21.1 Å². The molecular formula is C24H29ClF6N4O2. The summed E-state index contributed by atoms with van der Waals surface area (Å²) >= 11 is 6.29. The molecule has 1 atom stereocenters. The van der Waals surface area contributed by atoms with Gasteiger partial charge < -0.3 is 19.4 Å². The van der Waals surface area contributed by atoms with Crippen LogP contribution >= 0.6 is 11.6 Å². The summed E-state index contributed by atoms with van der Waals surface area (Å²) in [5.41, 5.74) is 1.98. The van der Waals surface area contributed by atoms with Gasteiger partial charge in [0, 0.05) is 69.5 Å². The molecule has 3 aliphatic heterocycles. The van der Waals surface area contributed by atoms with Gasteiger partial charge in [0.05, 0.1) is 6.04 Å². The standard InChI is InChI=1S/C24H29ClF6N4O2/c1-16(37-22(23(26,27)28)24(29,30)31)33-11-9-32(10-12-33)14-17-4-5-18(25)13-20(17)34-8-6-19(15-34)35-7-2-3-21(35)36/h4-5,13,19,22H,1-3,6-12,14-15H2/t19-/m1/s1. The number of hydrogen-bond donors (Lipinski definition) is 0. The molecule has 0 unspecified atom stereocenters. The molecule has 1 amide bonds. The zero-order valence-corrected chi connectivity index (χ0v) is 20.9. The van der Waals surface area contributed by atoms with Crippen molar-refractivity contribution < 1.29 is 35.9 Å². The van der Waals surface area contributed by atoms with E-state index in [0.29, 0.717) is 37.6 Å². The number of ether oxygens (including phenoxy) is 1. The van der Waals surface area contributed by atoms with Crippen LogP contribution in [-0.2, 0) is 16.1 Å². The van der Waals surface area contributed by atoms with Crippen LogP contribution in [0.2, 0.25) is 5.02 Å². The summed E-state index contributed by atoms with van der Waals surface area (Å²) in [7, 11) is 0. The Kier molecular flexibility index (Phi) is 8.08. The minimum Gasteiger partial charge on any atom is -0.457 e. The van der Waals surface area contributed by atoms with Crippen molar-refractivity contribution in [3.8, 4) is 0 Å². The molecule has 3 heterocycles. The number of piperazine rings is 1. The second-order valence-electron chi connectivity index (χ2n) is 9.59. The van der Waals surface area contributed by atoms with Crippen molar-refractivity contribution in [2.24, 2.45) is 0 Å². The largest absolute Gasteiger partial charge is 0.457 e. The quantitative estimate of drug-likeness (QED) is 0.363. The van der Waals surface area contributed by atoms with Gasteiger partial charge in [-0.15, -0.1) is 0 Å². The first-order chi connectivity index (χ1) is 17.3. The highest BCUT2D eigenvalue weighted by Crippen LogP contribution is 2.37. The SMILES string of the molecule is C=C(OC(C(F)(F)F)C(F)(F)F)N1CCN(Cc2ccc(Cl)cc2N2CC[C@@H](N3CCCC3=O)C2)CC1. The van der Waals surface area contributed by atoms with Crippen LogP contribution in [0.15, 0.2) is 30.7 Å². The zero-order chi connectivity index (χ0) is 27.0. The predicted molar refractivity (Wildman–Crippen MR) is 126 cm³/mol. The molecule has 3 fully saturated rings. The second kappa shape index (κ2) is 10.8. The monoisotopic (exact) mass is 554 g/mol. The van der Waals surface area contributed by atoms with Crippen molar-refractivity contribution in [2.45, 2.75) is 50.3 Å². The van der Waals surface area contributed by atoms with Crippen LogP contribution in [0.3, 0.4) is 0 Å². The normalized spacial score (nSPS) is 21.9. The fraction of sp³-hybridized carbons (Fsp3) is 0.625. The van der Waals surface area contributed by atoms with E-state index >= 15 is 0 Å². The Morgan fingerprint density at radius 2 is 1.73 bits per heavy atom. The fourth-order valence-electron chi connectivity index (χ4n) is 5.16. The molecule has 3 aliphatic rings. The summed E-state index contributed by atoms with van der Waals surface area (Å²) < 4.78 is 81.2. The van der Waals surface area contributed by atoms with E-state index in [1.165, 1.54) is 4.90 Å². The number of anilines is 1. The number of carbonyl (C=O) groups excluding carboxylic acids is 1. The average Bonchev–Trinajstić information content (AvgIpc) is 3.46. The lowest BCUT2D eigenvalue weighted by Gasteiger charge is -2.38. The molecule has 0 aliphatic carbocycles. The number of alkyl halides is 6. The van der Waals surface area contributed by atoms with Crippen LogP contribution < -0.4 is 4.90 Å². The molecule has 0 radical (unpaired) electrons. The van der Waals surface area contributed by atoms with Crippen LogP contribution in [0.25, 0.3) is 0 Å². The molecule has 0 bridgehead atoms. The average molecular weight is 555 g/mol. The maximum atomic E-state index is 12.8. The van der Waals surface area contributed by atoms with E-state index in [0.717, 1.165) is 37.2 Å². The van der Waals surface area contributed by atoms with Gasteiger partial charge in [-0.3, -0.25) is 9.69 Å². The van der Waals surface area contributed by atoms with Crippen molar-refractivity contribution in [1.29, 1.82) is 0 Å². The molecule has 206 valence electrons. The Hall–Kier alpha value is -2.34. The molecule has 1 aromatic carbocycles. The van der Waals surface area contributed by atoms with Gasteiger partial charge in [-0.2, -0.15) is 26.3 Å². The highest BCUT2D eigenvalue weighted by Gasteiger charge is 2.59. The molecule has 4 rings (SSSR count). The molecule has 0 saturated carbocycles. The first-order valence-corrected chi connectivity index (χ1v) is 12.5. The zero-order valence-electron chi connectivity index (χ0n) is 20.1. The number of likely N-dealkylation sites (tertiary alicyclic amines) is 1. The van der Waals surface area contributed by atoms with Crippen LogP contribution in [0.5, 0.6) is 0 Å². The number of amides is 1. The van der Waals surface area contributed by atoms with Gasteiger partial charge in [0.1, 0.15) is 0 Å². The summed E-state index contributed by atoms with van der Waals surface area (Å²) in [4.78, 5) is 19.7. The van der Waals surface area contributed by atoms with Crippen LogP contribution in [0, 0.1) is 0 Å².